The first-order valence-electron chi connectivity index (χ1n) is 29.3. The first-order chi connectivity index (χ1) is 35.8. The normalized spacial score (nSPS) is 31.4. The third-order valence-corrected chi connectivity index (χ3v) is 15.2. The molecule has 0 aliphatic carbocycles. The van der Waals surface area contributed by atoms with Crippen molar-refractivity contribution in [2.75, 3.05) is 26.4 Å². The van der Waals surface area contributed by atoms with Gasteiger partial charge in [-0.25, -0.2) is 0 Å². The average molecular weight is 1070 g/mol. The summed E-state index contributed by atoms with van der Waals surface area (Å²) in [5, 5.41) is 120. The zero-order valence-electron chi connectivity index (χ0n) is 45.3. The van der Waals surface area contributed by atoms with Crippen molar-refractivity contribution < 1.29 is 89.4 Å². The lowest BCUT2D eigenvalue weighted by Crippen LogP contribution is -2.66. The van der Waals surface area contributed by atoms with E-state index < -0.39 is 124 Å². The van der Waals surface area contributed by atoms with E-state index in [4.69, 9.17) is 28.4 Å². The van der Waals surface area contributed by atoms with Gasteiger partial charge in [-0.3, -0.25) is 4.79 Å². The van der Waals surface area contributed by atoms with Gasteiger partial charge in [0, 0.05) is 6.42 Å². The number of hydrogen-bond donors (Lipinski definition) is 12. The van der Waals surface area contributed by atoms with Crippen molar-refractivity contribution in [2.24, 2.45) is 0 Å². The highest BCUT2D eigenvalue weighted by molar-refractivity contribution is 5.76. The molecule has 17 atom stereocenters. The number of aliphatic hydroxyl groups excluding tert-OH is 11. The summed E-state index contributed by atoms with van der Waals surface area (Å²) in [7, 11) is 0. The maximum atomic E-state index is 13.3. The number of ether oxygens (including phenoxy) is 6. The molecule has 0 saturated carbocycles. The van der Waals surface area contributed by atoms with Crippen LogP contribution in [0.5, 0.6) is 0 Å². The Morgan fingerprint density at radius 2 is 0.770 bits per heavy atom. The Balaban J connectivity index is 1.50. The quantitative estimate of drug-likeness (QED) is 0.0376. The monoisotopic (exact) mass is 1070 g/mol. The third kappa shape index (κ3) is 24.4. The lowest BCUT2D eigenvalue weighted by molar-refractivity contribution is -0.379. The van der Waals surface area contributed by atoms with Crippen molar-refractivity contribution in [1.29, 1.82) is 0 Å². The van der Waals surface area contributed by atoms with Gasteiger partial charge in [0.25, 0.3) is 0 Å². The Morgan fingerprint density at radius 3 is 1.18 bits per heavy atom. The molecule has 74 heavy (non-hydrogen) atoms. The van der Waals surface area contributed by atoms with Gasteiger partial charge in [0.1, 0.15) is 73.2 Å². The number of hydrogen-bond acceptors (Lipinski definition) is 18. The molecule has 19 nitrogen and oxygen atoms in total. The largest absolute Gasteiger partial charge is 0.394 e. The summed E-state index contributed by atoms with van der Waals surface area (Å²) in [6.07, 6.45) is 9.05. The van der Waals surface area contributed by atoms with Crippen molar-refractivity contribution in [3.63, 3.8) is 0 Å². The summed E-state index contributed by atoms with van der Waals surface area (Å²) in [5.41, 5.74) is 0. The SMILES string of the molecule is CCCCCCCCCCCCCCCCCCCC(O)C(COC1OC(CO)C(OC2OC(CO)C(OC3OC(CO)C(O)C(O)C3O)C(O)C2O)C(O)C1O)NC(=O)CCCCCCCCCCCCCC. The Labute approximate surface area is 443 Å². The van der Waals surface area contributed by atoms with Crippen LogP contribution in [0.3, 0.4) is 0 Å². The van der Waals surface area contributed by atoms with Crippen molar-refractivity contribution in [1.82, 2.24) is 5.32 Å². The summed E-state index contributed by atoms with van der Waals surface area (Å²) >= 11 is 0. The number of aliphatic hydroxyl groups is 11. The van der Waals surface area contributed by atoms with Crippen molar-refractivity contribution in [2.45, 2.75) is 317 Å². The molecule has 17 unspecified atom stereocenters. The second kappa shape index (κ2) is 40.0. The van der Waals surface area contributed by atoms with Gasteiger partial charge in [0.05, 0.1) is 38.6 Å². The zero-order chi connectivity index (χ0) is 54.1. The maximum absolute atomic E-state index is 13.3. The molecular weight excluding hydrogens is 963 g/mol. The number of unbranched alkanes of at least 4 members (excludes halogenated alkanes) is 27. The lowest BCUT2D eigenvalue weighted by Gasteiger charge is -2.48. The Kier molecular flexibility index (Phi) is 36.3. The standard InChI is InChI=1S/C55H105NO18/c1-3-5-7-9-11-13-15-17-18-19-20-21-22-24-26-28-30-32-39(60)38(56-43(61)33-31-29-27-25-23-16-14-12-10-8-6-4-2)37-69-53-49(67)46(64)51(41(35-58)71-53)74-55-50(68)47(65)52(42(36-59)72-55)73-54-48(66)45(63)44(62)40(34-57)70-54/h38-42,44-55,57-60,62-68H,3-37H2,1-2H3,(H,56,61). The average Bonchev–Trinajstić information content (AvgIpc) is 3.40. The molecule has 0 aromatic rings. The molecule has 3 rings (SSSR count). The molecule has 438 valence electrons. The molecule has 3 fully saturated rings. The number of nitrogens with one attached hydrogen (secondary N) is 1. The van der Waals surface area contributed by atoms with E-state index in [2.05, 4.69) is 19.2 Å². The molecule has 0 radical (unpaired) electrons. The van der Waals surface area contributed by atoms with Crippen LogP contribution >= 0.6 is 0 Å². The van der Waals surface area contributed by atoms with Crippen LogP contribution < -0.4 is 5.32 Å². The second-order valence-electron chi connectivity index (χ2n) is 21.5. The zero-order valence-corrected chi connectivity index (χ0v) is 45.3. The smallest absolute Gasteiger partial charge is 0.220 e. The van der Waals surface area contributed by atoms with E-state index in [-0.39, 0.29) is 18.9 Å². The van der Waals surface area contributed by atoms with E-state index in [1.807, 2.05) is 0 Å². The summed E-state index contributed by atoms with van der Waals surface area (Å²) in [5.74, 6) is -0.241. The Morgan fingerprint density at radius 1 is 0.432 bits per heavy atom. The van der Waals surface area contributed by atoms with Crippen LogP contribution in [0, 0.1) is 0 Å². The van der Waals surface area contributed by atoms with Crippen LogP contribution in [0.1, 0.15) is 213 Å². The third-order valence-electron chi connectivity index (χ3n) is 15.2. The lowest BCUT2D eigenvalue weighted by atomic mass is 9.96. The molecule has 0 aromatic heterocycles. The highest BCUT2D eigenvalue weighted by Gasteiger charge is 2.53. The van der Waals surface area contributed by atoms with E-state index in [1.54, 1.807) is 0 Å². The van der Waals surface area contributed by atoms with E-state index in [0.29, 0.717) is 12.8 Å². The molecule has 19 heteroatoms. The van der Waals surface area contributed by atoms with Crippen LogP contribution in [0.25, 0.3) is 0 Å². The van der Waals surface area contributed by atoms with Gasteiger partial charge in [-0.1, -0.05) is 194 Å². The molecule has 0 spiro atoms. The summed E-state index contributed by atoms with van der Waals surface area (Å²) in [4.78, 5) is 13.3. The van der Waals surface area contributed by atoms with Crippen LogP contribution in [-0.4, -0.2) is 193 Å². The van der Waals surface area contributed by atoms with Gasteiger partial charge < -0.3 is 89.9 Å². The highest BCUT2D eigenvalue weighted by atomic mass is 16.8. The van der Waals surface area contributed by atoms with Crippen LogP contribution in [0.4, 0.5) is 0 Å². The van der Waals surface area contributed by atoms with Crippen LogP contribution in [0.15, 0.2) is 0 Å². The molecule has 0 aromatic carbocycles. The summed E-state index contributed by atoms with van der Waals surface area (Å²) in [6.45, 7) is 1.79. The van der Waals surface area contributed by atoms with E-state index in [9.17, 15) is 61.0 Å². The molecule has 3 heterocycles. The molecular formula is C55H105NO18. The van der Waals surface area contributed by atoms with Crippen LogP contribution in [-0.2, 0) is 33.2 Å². The number of carbonyl (C=O) groups excluding carboxylic acids is 1. The number of carbonyl (C=O) groups is 1. The fourth-order valence-electron chi connectivity index (χ4n) is 10.3. The number of amides is 1. The van der Waals surface area contributed by atoms with Gasteiger partial charge in [0.2, 0.25) is 5.91 Å². The minimum Gasteiger partial charge on any atom is -0.394 e. The summed E-state index contributed by atoms with van der Waals surface area (Å²) in [6, 6.07) is -0.879. The van der Waals surface area contributed by atoms with Crippen molar-refractivity contribution >= 4 is 5.91 Å². The summed E-state index contributed by atoms with van der Waals surface area (Å²) < 4.78 is 34.3. The molecule has 3 aliphatic heterocycles. The van der Waals surface area contributed by atoms with E-state index in [1.165, 1.54) is 135 Å². The molecule has 0 bridgehead atoms. The van der Waals surface area contributed by atoms with Gasteiger partial charge in [-0.15, -0.1) is 0 Å². The van der Waals surface area contributed by atoms with Crippen molar-refractivity contribution in [3.8, 4) is 0 Å². The second-order valence-corrected chi connectivity index (χ2v) is 21.5. The Bertz CT molecular complexity index is 1370. The van der Waals surface area contributed by atoms with E-state index in [0.717, 1.165) is 44.9 Å². The topological polar surface area (TPSA) is 307 Å². The fourth-order valence-corrected chi connectivity index (χ4v) is 10.3. The minimum atomic E-state index is -1.97. The van der Waals surface area contributed by atoms with E-state index >= 15 is 0 Å². The van der Waals surface area contributed by atoms with Gasteiger partial charge in [0.15, 0.2) is 18.9 Å². The van der Waals surface area contributed by atoms with Gasteiger partial charge in [-0.2, -0.15) is 0 Å². The number of rotatable bonds is 43. The Hall–Kier alpha value is -1.21. The van der Waals surface area contributed by atoms with Gasteiger partial charge >= 0.3 is 0 Å². The highest BCUT2D eigenvalue weighted by Crippen LogP contribution is 2.33. The van der Waals surface area contributed by atoms with Crippen molar-refractivity contribution in [3.05, 3.63) is 0 Å². The predicted molar refractivity (Wildman–Crippen MR) is 277 cm³/mol. The first kappa shape index (κ1) is 67.1. The molecule has 1 amide bonds. The fraction of sp³-hybridized carbons (Fsp3) is 0.982. The minimum absolute atomic E-state index is 0.241. The molecule has 12 N–H and O–H groups in total. The molecule has 3 aliphatic rings. The predicted octanol–water partition coefficient (Wildman–Crippen LogP) is 4.43. The van der Waals surface area contributed by atoms with Gasteiger partial charge in [-0.05, 0) is 12.8 Å². The first-order valence-corrected chi connectivity index (χ1v) is 29.3. The maximum Gasteiger partial charge on any atom is 0.220 e. The molecule has 3 saturated heterocycles. The van der Waals surface area contributed by atoms with Crippen LogP contribution in [0.2, 0.25) is 0 Å².